The molecule has 0 aromatic heterocycles. The van der Waals surface area contributed by atoms with Crippen molar-refractivity contribution in [1.29, 1.82) is 0 Å². The molecule has 1 aromatic rings. The zero-order valence-electron chi connectivity index (χ0n) is 7.10. The summed E-state index contributed by atoms with van der Waals surface area (Å²) in [6.07, 6.45) is 0.975. The van der Waals surface area contributed by atoms with Gasteiger partial charge in [-0.3, -0.25) is 0 Å². The number of aromatic carboxylic acids is 1. The first kappa shape index (κ1) is 8.26. The summed E-state index contributed by atoms with van der Waals surface area (Å²) >= 11 is 0. The van der Waals surface area contributed by atoms with Crippen LogP contribution >= 0.6 is 0 Å². The van der Waals surface area contributed by atoms with Crippen molar-refractivity contribution in [1.82, 2.24) is 0 Å². The fourth-order valence-corrected chi connectivity index (χ4v) is 1.50. The van der Waals surface area contributed by atoms with Gasteiger partial charge in [0.05, 0.1) is 5.56 Å². The van der Waals surface area contributed by atoms with Crippen LogP contribution in [0.4, 0.5) is 0 Å². The molecule has 0 saturated heterocycles. The third-order valence-corrected chi connectivity index (χ3v) is 2.40. The van der Waals surface area contributed by atoms with E-state index in [2.05, 4.69) is 0 Å². The maximum Gasteiger partial charge on any atom is 0.335 e. The standard InChI is InChI=1S/C10H11NO2/c11-9-5-8(9)6-2-1-3-7(4-6)10(12)13/h1-4,8-9H,5,11H2,(H,12,13). The predicted molar refractivity (Wildman–Crippen MR) is 48.7 cm³/mol. The normalized spacial score (nSPS) is 25.6. The summed E-state index contributed by atoms with van der Waals surface area (Å²) in [7, 11) is 0. The second kappa shape index (κ2) is 2.85. The highest BCUT2D eigenvalue weighted by Gasteiger charge is 2.34. The smallest absolute Gasteiger partial charge is 0.335 e. The molecule has 0 bridgehead atoms. The molecule has 68 valence electrons. The van der Waals surface area contributed by atoms with E-state index < -0.39 is 5.97 Å². The van der Waals surface area contributed by atoms with Crippen LogP contribution in [0.15, 0.2) is 24.3 Å². The fourth-order valence-electron chi connectivity index (χ4n) is 1.50. The first-order chi connectivity index (χ1) is 6.18. The van der Waals surface area contributed by atoms with Crippen LogP contribution in [0.25, 0.3) is 0 Å². The third kappa shape index (κ3) is 1.55. The maximum absolute atomic E-state index is 10.6. The largest absolute Gasteiger partial charge is 0.478 e. The zero-order valence-corrected chi connectivity index (χ0v) is 7.10. The van der Waals surface area contributed by atoms with Crippen LogP contribution in [0.1, 0.15) is 28.3 Å². The van der Waals surface area contributed by atoms with Gasteiger partial charge in [-0.25, -0.2) is 4.79 Å². The molecule has 0 spiro atoms. The van der Waals surface area contributed by atoms with Crippen molar-refractivity contribution in [2.24, 2.45) is 5.73 Å². The van der Waals surface area contributed by atoms with E-state index in [4.69, 9.17) is 10.8 Å². The van der Waals surface area contributed by atoms with Crippen LogP contribution in [0.3, 0.4) is 0 Å². The number of hydrogen-bond acceptors (Lipinski definition) is 2. The lowest BCUT2D eigenvalue weighted by Crippen LogP contribution is -2.02. The van der Waals surface area contributed by atoms with Crippen LogP contribution in [0.2, 0.25) is 0 Å². The van der Waals surface area contributed by atoms with Crippen molar-refractivity contribution in [3.8, 4) is 0 Å². The van der Waals surface area contributed by atoms with Crippen LogP contribution in [-0.4, -0.2) is 17.1 Å². The van der Waals surface area contributed by atoms with Gasteiger partial charge in [-0.1, -0.05) is 12.1 Å². The lowest BCUT2D eigenvalue weighted by atomic mass is 10.1. The van der Waals surface area contributed by atoms with E-state index in [1.165, 1.54) is 0 Å². The SMILES string of the molecule is NC1CC1c1cccc(C(=O)O)c1. The van der Waals surface area contributed by atoms with Crippen LogP contribution in [0.5, 0.6) is 0 Å². The Labute approximate surface area is 76.2 Å². The first-order valence-electron chi connectivity index (χ1n) is 4.27. The molecule has 1 saturated carbocycles. The van der Waals surface area contributed by atoms with Gasteiger partial charge in [0.2, 0.25) is 0 Å². The average Bonchev–Trinajstić information content (AvgIpc) is 2.83. The molecule has 3 nitrogen and oxygen atoms in total. The van der Waals surface area contributed by atoms with E-state index in [9.17, 15) is 4.79 Å². The number of carboxylic acids is 1. The van der Waals surface area contributed by atoms with Gasteiger partial charge in [-0.15, -0.1) is 0 Å². The molecular weight excluding hydrogens is 166 g/mol. The summed E-state index contributed by atoms with van der Waals surface area (Å²) in [5.74, 6) is -0.504. The van der Waals surface area contributed by atoms with Gasteiger partial charge in [-0.05, 0) is 24.1 Å². The molecule has 2 rings (SSSR count). The van der Waals surface area contributed by atoms with Gasteiger partial charge in [0.1, 0.15) is 0 Å². The Morgan fingerprint density at radius 2 is 2.23 bits per heavy atom. The van der Waals surface area contributed by atoms with Gasteiger partial charge in [0.25, 0.3) is 0 Å². The molecular formula is C10H11NO2. The van der Waals surface area contributed by atoms with Crippen LogP contribution in [-0.2, 0) is 0 Å². The Morgan fingerprint density at radius 1 is 1.54 bits per heavy atom. The molecule has 0 aliphatic heterocycles. The van der Waals surface area contributed by atoms with Crippen LogP contribution in [0, 0.1) is 0 Å². The molecule has 13 heavy (non-hydrogen) atoms. The van der Waals surface area contributed by atoms with Gasteiger partial charge >= 0.3 is 5.97 Å². The number of benzene rings is 1. The summed E-state index contributed by atoms with van der Waals surface area (Å²) in [5.41, 5.74) is 7.07. The fraction of sp³-hybridized carbons (Fsp3) is 0.300. The van der Waals surface area contributed by atoms with E-state index in [0.29, 0.717) is 11.5 Å². The first-order valence-corrected chi connectivity index (χ1v) is 4.27. The van der Waals surface area contributed by atoms with E-state index >= 15 is 0 Å². The molecule has 0 radical (unpaired) electrons. The van der Waals surface area contributed by atoms with Crippen molar-refractivity contribution in [2.45, 2.75) is 18.4 Å². The predicted octanol–water partition coefficient (Wildman–Crippen LogP) is 1.20. The second-order valence-electron chi connectivity index (χ2n) is 3.44. The highest BCUT2D eigenvalue weighted by Crippen LogP contribution is 2.38. The highest BCUT2D eigenvalue weighted by molar-refractivity contribution is 5.87. The summed E-state index contributed by atoms with van der Waals surface area (Å²) in [4.78, 5) is 10.6. The molecule has 1 aliphatic rings. The minimum Gasteiger partial charge on any atom is -0.478 e. The van der Waals surface area contributed by atoms with Gasteiger partial charge in [0, 0.05) is 12.0 Å². The third-order valence-electron chi connectivity index (χ3n) is 2.40. The molecule has 1 aromatic carbocycles. The Morgan fingerprint density at radius 3 is 2.77 bits per heavy atom. The molecule has 1 aliphatic carbocycles. The molecule has 0 heterocycles. The molecule has 1 fully saturated rings. The summed E-state index contributed by atoms with van der Waals surface area (Å²) in [6.45, 7) is 0. The lowest BCUT2D eigenvalue weighted by molar-refractivity contribution is 0.0697. The summed E-state index contributed by atoms with van der Waals surface area (Å²) in [5, 5.41) is 8.75. The number of rotatable bonds is 2. The minimum absolute atomic E-state index is 0.226. The number of carboxylic acid groups (broad SMARTS) is 1. The number of carbonyl (C=O) groups is 1. The van der Waals surface area contributed by atoms with Gasteiger partial charge < -0.3 is 10.8 Å². The monoisotopic (exact) mass is 177 g/mol. The molecule has 0 amide bonds. The Balaban J connectivity index is 2.28. The molecule has 3 N–H and O–H groups in total. The average molecular weight is 177 g/mol. The number of hydrogen-bond donors (Lipinski definition) is 2. The van der Waals surface area contributed by atoms with E-state index in [-0.39, 0.29) is 6.04 Å². The quantitative estimate of drug-likeness (QED) is 0.713. The maximum atomic E-state index is 10.6. The Hall–Kier alpha value is -1.35. The Kier molecular flexibility index (Phi) is 1.81. The van der Waals surface area contributed by atoms with Gasteiger partial charge in [0.15, 0.2) is 0 Å². The second-order valence-corrected chi connectivity index (χ2v) is 3.44. The molecule has 2 unspecified atom stereocenters. The molecule has 3 heteroatoms. The lowest BCUT2D eigenvalue weighted by Gasteiger charge is -1.99. The van der Waals surface area contributed by atoms with Crippen molar-refractivity contribution in [3.63, 3.8) is 0 Å². The number of nitrogens with two attached hydrogens (primary N) is 1. The zero-order chi connectivity index (χ0) is 9.42. The van der Waals surface area contributed by atoms with E-state index in [1.807, 2.05) is 6.07 Å². The summed E-state index contributed by atoms with van der Waals surface area (Å²) in [6, 6.07) is 7.23. The highest BCUT2D eigenvalue weighted by atomic mass is 16.4. The van der Waals surface area contributed by atoms with Crippen molar-refractivity contribution in [3.05, 3.63) is 35.4 Å². The topological polar surface area (TPSA) is 63.3 Å². The van der Waals surface area contributed by atoms with Crippen molar-refractivity contribution >= 4 is 5.97 Å². The van der Waals surface area contributed by atoms with Crippen LogP contribution < -0.4 is 5.73 Å². The minimum atomic E-state index is -0.879. The summed E-state index contributed by atoms with van der Waals surface area (Å²) < 4.78 is 0. The van der Waals surface area contributed by atoms with E-state index in [1.54, 1.807) is 18.2 Å². The Bertz CT molecular complexity index is 349. The van der Waals surface area contributed by atoms with Gasteiger partial charge in [-0.2, -0.15) is 0 Å². The van der Waals surface area contributed by atoms with E-state index in [0.717, 1.165) is 12.0 Å². The van der Waals surface area contributed by atoms with Crippen molar-refractivity contribution in [2.75, 3.05) is 0 Å². The molecule has 2 atom stereocenters. The van der Waals surface area contributed by atoms with Crippen molar-refractivity contribution < 1.29 is 9.90 Å².